The number of halogens is 2. The fraction of sp³-hybridized carbons (Fsp3) is 0.462. The standard InChI is InChI=1S/C13H17F2NO/c1-3-8(2)13(16)12(17)6-9-4-5-10(14)7-11(9)15/h4-5,7-8,13H,3,6,16H2,1-2H3. The molecule has 2 unspecified atom stereocenters. The van der Waals surface area contributed by atoms with E-state index < -0.39 is 17.7 Å². The smallest absolute Gasteiger partial charge is 0.154 e. The van der Waals surface area contributed by atoms with Gasteiger partial charge in [0.25, 0.3) is 0 Å². The van der Waals surface area contributed by atoms with Gasteiger partial charge >= 0.3 is 0 Å². The molecule has 1 aromatic carbocycles. The van der Waals surface area contributed by atoms with Crippen molar-refractivity contribution in [3.8, 4) is 0 Å². The van der Waals surface area contributed by atoms with Gasteiger partial charge in [-0.05, 0) is 17.5 Å². The first kappa shape index (κ1) is 13.8. The van der Waals surface area contributed by atoms with Crippen LogP contribution in [0.15, 0.2) is 18.2 Å². The van der Waals surface area contributed by atoms with Crippen LogP contribution in [-0.2, 0) is 11.2 Å². The Balaban J connectivity index is 2.74. The van der Waals surface area contributed by atoms with Crippen LogP contribution in [0.4, 0.5) is 8.78 Å². The van der Waals surface area contributed by atoms with Crippen molar-refractivity contribution in [2.45, 2.75) is 32.7 Å². The second kappa shape index (κ2) is 5.87. The maximum atomic E-state index is 13.3. The summed E-state index contributed by atoms with van der Waals surface area (Å²) in [6.07, 6.45) is 0.705. The Hall–Kier alpha value is -1.29. The summed E-state index contributed by atoms with van der Waals surface area (Å²) >= 11 is 0. The van der Waals surface area contributed by atoms with Crippen LogP contribution < -0.4 is 5.73 Å². The van der Waals surface area contributed by atoms with Crippen molar-refractivity contribution in [1.29, 1.82) is 0 Å². The number of Topliss-reactive ketones (excluding diaryl/α,β-unsaturated/α-hetero) is 1. The fourth-order valence-corrected chi connectivity index (χ4v) is 1.54. The van der Waals surface area contributed by atoms with Gasteiger partial charge in [-0.25, -0.2) is 8.78 Å². The van der Waals surface area contributed by atoms with E-state index in [-0.39, 0.29) is 23.7 Å². The zero-order valence-corrected chi connectivity index (χ0v) is 10.0. The molecule has 0 radical (unpaired) electrons. The largest absolute Gasteiger partial charge is 0.321 e. The molecule has 0 saturated heterocycles. The van der Waals surface area contributed by atoms with E-state index in [0.29, 0.717) is 0 Å². The minimum absolute atomic E-state index is 0.0611. The molecule has 0 saturated carbocycles. The molecule has 0 bridgehead atoms. The van der Waals surface area contributed by atoms with Gasteiger partial charge in [-0.3, -0.25) is 4.79 Å². The summed E-state index contributed by atoms with van der Waals surface area (Å²) in [6.45, 7) is 3.82. The molecule has 0 aliphatic rings. The van der Waals surface area contributed by atoms with Crippen molar-refractivity contribution >= 4 is 5.78 Å². The summed E-state index contributed by atoms with van der Waals surface area (Å²) in [6, 6.07) is 2.61. The second-order valence-electron chi connectivity index (χ2n) is 4.29. The highest BCUT2D eigenvalue weighted by Crippen LogP contribution is 2.13. The van der Waals surface area contributed by atoms with Crippen molar-refractivity contribution in [2.24, 2.45) is 11.7 Å². The average molecular weight is 241 g/mol. The van der Waals surface area contributed by atoms with Gasteiger partial charge in [0.1, 0.15) is 11.6 Å². The van der Waals surface area contributed by atoms with Crippen molar-refractivity contribution in [2.75, 3.05) is 0 Å². The number of ketones is 1. The summed E-state index contributed by atoms with van der Waals surface area (Å²) in [5.74, 6) is -1.50. The highest BCUT2D eigenvalue weighted by atomic mass is 19.1. The average Bonchev–Trinajstić information content (AvgIpc) is 2.30. The summed E-state index contributed by atoms with van der Waals surface area (Å²) < 4.78 is 26.0. The van der Waals surface area contributed by atoms with Crippen LogP contribution in [0.3, 0.4) is 0 Å². The lowest BCUT2D eigenvalue weighted by Gasteiger charge is -2.17. The number of nitrogens with two attached hydrogens (primary N) is 1. The molecule has 2 N–H and O–H groups in total. The molecule has 0 spiro atoms. The molecule has 0 aromatic heterocycles. The van der Waals surface area contributed by atoms with Gasteiger partial charge in [0, 0.05) is 12.5 Å². The molecule has 0 heterocycles. The molecule has 1 aromatic rings. The van der Waals surface area contributed by atoms with E-state index in [9.17, 15) is 13.6 Å². The third-order valence-electron chi connectivity index (χ3n) is 3.01. The zero-order valence-electron chi connectivity index (χ0n) is 10.0. The molecule has 0 aliphatic heterocycles. The van der Waals surface area contributed by atoms with E-state index >= 15 is 0 Å². The maximum absolute atomic E-state index is 13.3. The topological polar surface area (TPSA) is 43.1 Å². The maximum Gasteiger partial charge on any atom is 0.154 e. The molecule has 1 rings (SSSR count). The van der Waals surface area contributed by atoms with E-state index in [1.807, 2.05) is 13.8 Å². The quantitative estimate of drug-likeness (QED) is 0.860. The van der Waals surface area contributed by atoms with Crippen molar-refractivity contribution < 1.29 is 13.6 Å². The Bertz CT molecular complexity index is 406. The van der Waals surface area contributed by atoms with Gasteiger partial charge in [0.15, 0.2) is 5.78 Å². The molecule has 94 valence electrons. The summed E-state index contributed by atoms with van der Waals surface area (Å²) in [4.78, 5) is 11.8. The van der Waals surface area contributed by atoms with Gasteiger partial charge in [0.05, 0.1) is 6.04 Å². The summed E-state index contributed by atoms with van der Waals surface area (Å²) in [7, 11) is 0. The number of carbonyl (C=O) groups excluding carboxylic acids is 1. The SMILES string of the molecule is CCC(C)C(N)C(=O)Cc1ccc(F)cc1F. The van der Waals surface area contributed by atoms with Crippen LogP contribution in [0.25, 0.3) is 0 Å². The molecular weight excluding hydrogens is 224 g/mol. The minimum atomic E-state index is -0.699. The lowest BCUT2D eigenvalue weighted by Crippen LogP contribution is -2.37. The normalized spacial score (nSPS) is 14.4. The van der Waals surface area contributed by atoms with Gasteiger partial charge in [-0.15, -0.1) is 0 Å². The van der Waals surface area contributed by atoms with E-state index in [1.165, 1.54) is 6.07 Å². The van der Waals surface area contributed by atoms with Crippen LogP contribution in [0.1, 0.15) is 25.8 Å². The van der Waals surface area contributed by atoms with Gasteiger partial charge in [-0.1, -0.05) is 26.3 Å². The third kappa shape index (κ3) is 3.60. The summed E-state index contributed by atoms with van der Waals surface area (Å²) in [5.41, 5.74) is 5.94. The number of rotatable bonds is 5. The van der Waals surface area contributed by atoms with E-state index in [0.717, 1.165) is 18.6 Å². The zero-order chi connectivity index (χ0) is 13.0. The molecule has 2 atom stereocenters. The third-order valence-corrected chi connectivity index (χ3v) is 3.01. The first-order valence-electron chi connectivity index (χ1n) is 5.68. The van der Waals surface area contributed by atoms with Gasteiger partial charge in [-0.2, -0.15) is 0 Å². The Morgan fingerprint density at radius 2 is 2.06 bits per heavy atom. The Morgan fingerprint density at radius 1 is 1.41 bits per heavy atom. The van der Waals surface area contributed by atoms with Crippen molar-refractivity contribution in [1.82, 2.24) is 0 Å². The Kier molecular flexibility index (Phi) is 4.75. The van der Waals surface area contributed by atoms with Crippen molar-refractivity contribution in [3.05, 3.63) is 35.4 Å². The van der Waals surface area contributed by atoms with Crippen LogP contribution in [0.2, 0.25) is 0 Å². The monoisotopic (exact) mass is 241 g/mol. The molecule has 0 fully saturated rings. The molecule has 17 heavy (non-hydrogen) atoms. The first-order chi connectivity index (χ1) is 7.95. The number of benzene rings is 1. The van der Waals surface area contributed by atoms with Crippen LogP contribution in [-0.4, -0.2) is 11.8 Å². The highest BCUT2D eigenvalue weighted by Gasteiger charge is 2.20. The lowest BCUT2D eigenvalue weighted by atomic mass is 9.93. The second-order valence-corrected chi connectivity index (χ2v) is 4.29. The van der Waals surface area contributed by atoms with E-state index in [2.05, 4.69) is 0 Å². The number of hydrogen-bond acceptors (Lipinski definition) is 2. The predicted octanol–water partition coefficient (Wildman–Crippen LogP) is 2.45. The van der Waals surface area contributed by atoms with E-state index in [4.69, 9.17) is 5.73 Å². The molecule has 2 nitrogen and oxygen atoms in total. The van der Waals surface area contributed by atoms with Gasteiger partial charge in [0.2, 0.25) is 0 Å². The number of hydrogen-bond donors (Lipinski definition) is 1. The van der Waals surface area contributed by atoms with Gasteiger partial charge < -0.3 is 5.73 Å². The lowest BCUT2D eigenvalue weighted by molar-refractivity contribution is -0.120. The Labute approximate surface area is 99.8 Å². The molecule has 0 aliphatic carbocycles. The fourth-order valence-electron chi connectivity index (χ4n) is 1.54. The van der Waals surface area contributed by atoms with Crippen LogP contribution in [0.5, 0.6) is 0 Å². The summed E-state index contributed by atoms with van der Waals surface area (Å²) in [5, 5.41) is 0. The van der Waals surface area contributed by atoms with Crippen LogP contribution >= 0.6 is 0 Å². The predicted molar refractivity (Wildman–Crippen MR) is 62.5 cm³/mol. The Morgan fingerprint density at radius 3 is 2.59 bits per heavy atom. The molecular formula is C13H17F2NO. The van der Waals surface area contributed by atoms with E-state index in [1.54, 1.807) is 0 Å². The minimum Gasteiger partial charge on any atom is -0.321 e. The highest BCUT2D eigenvalue weighted by molar-refractivity contribution is 5.86. The first-order valence-corrected chi connectivity index (χ1v) is 5.68. The number of carbonyl (C=O) groups is 1. The van der Waals surface area contributed by atoms with Crippen LogP contribution in [0, 0.1) is 17.6 Å². The molecule has 4 heteroatoms. The molecule has 0 amide bonds. The van der Waals surface area contributed by atoms with Crippen molar-refractivity contribution in [3.63, 3.8) is 0 Å².